The Hall–Kier alpha value is -0.830. The number of allylic oxidation sites excluding steroid dienone is 2. The Bertz CT molecular complexity index is 224. The van der Waals surface area contributed by atoms with Crippen molar-refractivity contribution in [1.29, 1.82) is 0 Å². The minimum Gasteiger partial charge on any atom is -0.466 e. The second-order valence-corrected chi connectivity index (χ2v) is 4.40. The van der Waals surface area contributed by atoms with E-state index in [-0.39, 0.29) is 5.97 Å². The molecule has 0 bridgehead atoms. The number of hydrogen-bond acceptors (Lipinski definition) is 3. The first-order valence-corrected chi connectivity index (χ1v) is 6.78. The molecule has 0 radical (unpaired) electrons. The van der Waals surface area contributed by atoms with Gasteiger partial charge in [-0.15, -0.1) is 0 Å². The van der Waals surface area contributed by atoms with Gasteiger partial charge in [0.25, 0.3) is 0 Å². The smallest absolute Gasteiger partial charge is 0.305 e. The number of hydrogen-bond donors (Lipinski definition) is 0. The second-order valence-electron chi connectivity index (χ2n) is 4.40. The average molecular weight is 240 g/mol. The Balaban J connectivity index is 2.19. The van der Waals surface area contributed by atoms with Gasteiger partial charge >= 0.3 is 5.97 Å². The van der Waals surface area contributed by atoms with Crippen LogP contribution in [0.4, 0.5) is 0 Å². The summed E-state index contributed by atoms with van der Waals surface area (Å²) in [5.41, 5.74) is 0. The van der Waals surface area contributed by atoms with E-state index in [1.165, 1.54) is 6.42 Å². The lowest BCUT2D eigenvalue weighted by atomic mass is 10.2. The van der Waals surface area contributed by atoms with Crippen molar-refractivity contribution in [3.8, 4) is 0 Å². The van der Waals surface area contributed by atoms with Crippen LogP contribution < -0.4 is 0 Å². The lowest BCUT2D eigenvalue weighted by molar-refractivity contribution is -0.143. The van der Waals surface area contributed by atoms with Crippen LogP contribution in [0.1, 0.15) is 51.4 Å². The second kappa shape index (κ2) is 10.3. The molecule has 1 aliphatic rings. The van der Waals surface area contributed by atoms with Gasteiger partial charge in [-0.05, 0) is 44.9 Å². The van der Waals surface area contributed by atoms with E-state index in [9.17, 15) is 4.79 Å². The molecular formula is C14H24O3. The van der Waals surface area contributed by atoms with Crippen molar-refractivity contribution in [1.82, 2.24) is 0 Å². The van der Waals surface area contributed by atoms with Crippen LogP contribution in [0.25, 0.3) is 0 Å². The molecule has 17 heavy (non-hydrogen) atoms. The molecule has 0 aromatic carbocycles. The van der Waals surface area contributed by atoms with E-state index < -0.39 is 0 Å². The summed E-state index contributed by atoms with van der Waals surface area (Å²) in [5, 5.41) is 0. The van der Waals surface area contributed by atoms with Crippen LogP contribution in [0.3, 0.4) is 0 Å². The third kappa shape index (κ3) is 8.93. The summed E-state index contributed by atoms with van der Waals surface area (Å²) in [7, 11) is 0. The van der Waals surface area contributed by atoms with Gasteiger partial charge in [-0.25, -0.2) is 0 Å². The zero-order chi connectivity index (χ0) is 12.2. The molecule has 1 rings (SSSR count). The van der Waals surface area contributed by atoms with Crippen molar-refractivity contribution in [3.05, 3.63) is 12.2 Å². The average Bonchev–Trinajstić information content (AvgIpc) is 2.32. The van der Waals surface area contributed by atoms with Crippen LogP contribution >= 0.6 is 0 Å². The zero-order valence-electron chi connectivity index (χ0n) is 10.7. The predicted octanol–water partition coefficient (Wildman–Crippen LogP) is 3.24. The highest BCUT2D eigenvalue weighted by atomic mass is 16.5. The van der Waals surface area contributed by atoms with Crippen molar-refractivity contribution >= 4 is 5.97 Å². The molecule has 3 heteroatoms. The predicted molar refractivity (Wildman–Crippen MR) is 67.9 cm³/mol. The van der Waals surface area contributed by atoms with E-state index in [2.05, 4.69) is 12.2 Å². The molecule has 0 saturated carbocycles. The van der Waals surface area contributed by atoms with E-state index in [4.69, 9.17) is 9.47 Å². The number of cyclic esters (lactones) is 1. The summed E-state index contributed by atoms with van der Waals surface area (Å²) in [5.74, 6) is -0.0635. The van der Waals surface area contributed by atoms with Crippen molar-refractivity contribution in [2.75, 3.05) is 19.8 Å². The molecule has 0 aromatic heterocycles. The Morgan fingerprint density at radius 2 is 1.47 bits per heavy atom. The Labute approximate surface area is 104 Å². The van der Waals surface area contributed by atoms with Gasteiger partial charge in [-0.2, -0.15) is 0 Å². The minimum absolute atomic E-state index is 0.0635. The Morgan fingerprint density at radius 1 is 0.824 bits per heavy atom. The largest absolute Gasteiger partial charge is 0.466 e. The highest BCUT2D eigenvalue weighted by molar-refractivity contribution is 5.69. The maximum atomic E-state index is 11.3. The molecule has 0 saturated heterocycles. The maximum absolute atomic E-state index is 11.3. The summed E-state index contributed by atoms with van der Waals surface area (Å²) in [6.45, 7) is 2.18. The van der Waals surface area contributed by atoms with Gasteiger partial charge in [0.15, 0.2) is 0 Å². The van der Waals surface area contributed by atoms with Gasteiger partial charge in [-0.3, -0.25) is 4.79 Å². The summed E-state index contributed by atoms with van der Waals surface area (Å²) in [4.78, 5) is 11.3. The third-order valence-corrected chi connectivity index (χ3v) is 2.77. The number of ether oxygens (including phenoxy) is 2. The molecule has 3 nitrogen and oxygen atoms in total. The lowest BCUT2D eigenvalue weighted by Crippen LogP contribution is -2.06. The molecule has 1 aliphatic heterocycles. The fourth-order valence-electron chi connectivity index (χ4n) is 1.73. The third-order valence-electron chi connectivity index (χ3n) is 2.77. The fourth-order valence-corrected chi connectivity index (χ4v) is 1.73. The lowest BCUT2D eigenvalue weighted by Gasteiger charge is -2.06. The van der Waals surface area contributed by atoms with Gasteiger partial charge in [0.1, 0.15) is 0 Å². The van der Waals surface area contributed by atoms with E-state index in [0.29, 0.717) is 13.0 Å². The van der Waals surface area contributed by atoms with E-state index in [1.54, 1.807) is 0 Å². The van der Waals surface area contributed by atoms with Crippen LogP contribution in [0, 0.1) is 0 Å². The summed E-state index contributed by atoms with van der Waals surface area (Å²) >= 11 is 0. The highest BCUT2D eigenvalue weighted by Crippen LogP contribution is 2.04. The van der Waals surface area contributed by atoms with E-state index in [0.717, 1.165) is 51.7 Å². The zero-order valence-corrected chi connectivity index (χ0v) is 10.7. The number of carbonyl (C=O) groups is 1. The molecular weight excluding hydrogens is 216 g/mol. The first kappa shape index (κ1) is 14.2. The van der Waals surface area contributed by atoms with Gasteiger partial charge < -0.3 is 9.47 Å². The molecule has 98 valence electrons. The van der Waals surface area contributed by atoms with E-state index >= 15 is 0 Å². The van der Waals surface area contributed by atoms with Crippen molar-refractivity contribution < 1.29 is 14.3 Å². The molecule has 0 aliphatic carbocycles. The summed E-state index contributed by atoms with van der Waals surface area (Å²) < 4.78 is 10.6. The Kier molecular flexibility index (Phi) is 8.65. The number of carbonyl (C=O) groups excluding carboxylic acids is 1. The van der Waals surface area contributed by atoms with Crippen molar-refractivity contribution in [2.45, 2.75) is 51.4 Å². The SMILES string of the molecule is O=C1CCCC=CCCCCOCCCCO1. The molecule has 0 spiro atoms. The molecule has 0 N–H and O–H groups in total. The first-order valence-electron chi connectivity index (χ1n) is 6.78. The maximum Gasteiger partial charge on any atom is 0.305 e. The first-order chi connectivity index (χ1) is 8.39. The summed E-state index contributed by atoms with van der Waals surface area (Å²) in [6.07, 6.45) is 12.1. The molecule has 0 aromatic rings. The van der Waals surface area contributed by atoms with Gasteiger partial charge in [0.05, 0.1) is 6.61 Å². The van der Waals surface area contributed by atoms with Crippen LogP contribution in [0.2, 0.25) is 0 Å². The Morgan fingerprint density at radius 3 is 2.29 bits per heavy atom. The van der Waals surface area contributed by atoms with Crippen molar-refractivity contribution in [2.24, 2.45) is 0 Å². The van der Waals surface area contributed by atoms with Gasteiger partial charge in [0, 0.05) is 19.6 Å². The number of esters is 1. The quantitative estimate of drug-likeness (QED) is 0.481. The van der Waals surface area contributed by atoms with Crippen molar-refractivity contribution in [3.63, 3.8) is 0 Å². The van der Waals surface area contributed by atoms with E-state index in [1.807, 2.05) is 0 Å². The fraction of sp³-hybridized carbons (Fsp3) is 0.786. The number of rotatable bonds is 0. The molecule has 0 atom stereocenters. The van der Waals surface area contributed by atoms with Crippen LogP contribution in [-0.2, 0) is 14.3 Å². The highest BCUT2D eigenvalue weighted by Gasteiger charge is 2.01. The standard InChI is InChI=1S/C14H24O3/c15-14-10-6-4-2-1-3-5-7-11-16-12-8-9-13-17-14/h1-2H,3-13H2. The minimum atomic E-state index is -0.0635. The summed E-state index contributed by atoms with van der Waals surface area (Å²) in [6, 6.07) is 0. The topological polar surface area (TPSA) is 35.5 Å². The monoisotopic (exact) mass is 240 g/mol. The van der Waals surface area contributed by atoms with Crippen LogP contribution in [0.15, 0.2) is 12.2 Å². The van der Waals surface area contributed by atoms with Crippen LogP contribution in [-0.4, -0.2) is 25.8 Å². The van der Waals surface area contributed by atoms with Gasteiger partial charge in [0.2, 0.25) is 0 Å². The van der Waals surface area contributed by atoms with Crippen LogP contribution in [0.5, 0.6) is 0 Å². The molecule has 0 amide bonds. The molecule has 1 heterocycles. The molecule has 0 unspecified atom stereocenters. The normalized spacial score (nSPS) is 22.0. The van der Waals surface area contributed by atoms with Gasteiger partial charge in [-0.1, -0.05) is 12.2 Å². The molecule has 0 fully saturated rings.